The Kier molecular flexibility index (Phi) is 8.48. The van der Waals surface area contributed by atoms with Crippen LogP contribution in [0, 0.1) is 5.92 Å². The molecule has 0 bridgehead atoms. The molecule has 23 heavy (non-hydrogen) atoms. The summed E-state index contributed by atoms with van der Waals surface area (Å²) >= 11 is 5.82. The molecule has 128 valence electrons. The van der Waals surface area contributed by atoms with E-state index in [2.05, 4.69) is 19.2 Å². The van der Waals surface area contributed by atoms with Gasteiger partial charge in [0, 0.05) is 11.6 Å². The average Bonchev–Trinajstić information content (AvgIpc) is 2.53. The Hall–Kier alpha value is -1.75. The number of primary amides is 1. The van der Waals surface area contributed by atoms with Crippen LogP contribution >= 0.6 is 11.6 Å². The van der Waals surface area contributed by atoms with E-state index in [0.29, 0.717) is 17.5 Å². The topological polar surface area (TPSA) is 81.4 Å². The van der Waals surface area contributed by atoms with Crippen molar-refractivity contribution in [1.29, 1.82) is 0 Å². The first-order valence-electron chi connectivity index (χ1n) is 7.96. The molecule has 0 unspecified atom stereocenters. The number of halogens is 1. The highest BCUT2D eigenvalue weighted by Crippen LogP contribution is 2.22. The van der Waals surface area contributed by atoms with E-state index in [9.17, 15) is 9.59 Å². The maximum Gasteiger partial charge on any atom is 0.257 e. The van der Waals surface area contributed by atoms with Gasteiger partial charge < -0.3 is 15.8 Å². The van der Waals surface area contributed by atoms with Crippen LogP contribution in [0.1, 0.15) is 49.9 Å². The summed E-state index contributed by atoms with van der Waals surface area (Å²) in [5.41, 5.74) is 5.44. The van der Waals surface area contributed by atoms with Crippen LogP contribution in [0.3, 0.4) is 0 Å². The fourth-order valence-electron chi connectivity index (χ4n) is 2.22. The zero-order valence-corrected chi connectivity index (χ0v) is 14.5. The lowest BCUT2D eigenvalue weighted by Crippen LogP contribution is -2.33. The normalized spacial score (nSPS) is 11.8. The quantitative estimate of drug-likeness (QED) is 0.686. The summed E-state index contributed by atoms with van der Waals surface area (Å²) in [4.78, 5) is 23.2. The number of nitrogens with two attached hydrogens (primary N) is 1. The SMILES string of the molecule is CCCC[C@@H](CC)CNC(=O)COc1ccc(Cl)cc1C(N)=O. The molecule has 1 atom stereocenters. The minimum absolute atomic E-state index is 0.161. The number of unbranched alkanes of at least 4 members (excludes halogenated alkanes) is 1. The molecule has 0 spiro atoms. The summed E-state index contributed by atoms with van der Waals surface area (Å²) in [6.45, 7) is 4.76. The first-order chi connectivity index (χ1) is 11.0. The summed E-state index contributed by atoms with van der Waals surface area (Å²) in [7, 11) is 0. The largest absolute Gasteiger partial charge is 0.483 e. The van der Waals surface area contributed by atoms with Crippen molar-refractivity contribution in [2.24, 2.45) is 11.7 Å². The number of nitrogens with one attached hydrogen (secondary N) is 1. The van der Waals surface area contributed by atoms with Crippen LogP contribution in [0.4, 0.5) is 0 Å². The van der Waals surface area contributed by atoms with Gasteiger partial charge in [-0.25, -0.2) is 0 Å². The highest BCUT2D eigenvalue weighted by molar-refractivity contribution is 6.31. The summed E-state index contributed by atoms with van der Waals surface area (Å²) in [6, 6.07) is 4.54. The molecule has 0 saturated heterocycles. The maximum atomic E-state index is 11.9. The smallest absolute Gasteiger partial charge is 0.257 e. The third kappa shape index (κ3) is 6.91. The monoisotopic (exact) mass is 340 g/mol. The van der Waals surface area contributed by atoms with E-state index in [1.165, 1.54) is 12.1 Å². The van der Waals surface area contributed by atoms with Gasteiger partial charge in [-0.15, -0.1) is 0 Å². The lowest BCUT2D eigenvalue weighted by atomic mass is 9.99. The molecule has 2 amide bonds. The Morgan fingerprint density at radius 2 is 2.09 bits per heavy atom. The fraction of sp³-hybridized carbons (Fsp3) is 0.529. The van der Waals surface area contributed by atoms with E-state index in [-0.39, 0.29) is 23.8 Å². The predicted octanol–water partition coefficient (Wildman–Crippen LogP) is 3.15. The highest BCUT2D eigenvalue weighted by Gasteiger charge is 2.13. The second-order valence-corrected chi connectivity index (χ2v) is 5.95. The van der Waals surface area contributed by atoms with Crippen LogP contribution in [0.2, 0.25) is 5.02 Å². The molecular weight excluding hydrogens is 316 g/mol. The molecule has 0 aliphatic carbocycles. The van der Waals surface area contributed by atoms with Crippen LogP contribution in [0.25, 0.3) is 0 Å². The summed E-state index contributed by atoms with van der Waals surface area (Å²) in [6.07, 6.45) is 4.46. The number of benzene rings is 1. The molecule has 0 fully saturated rings. The van der Waals surface area contributed by atoms with Gasteiger partial charge >= 0.3 is 0 Å². The van der Waals surface area contributed by atoms with E-state index in [4.69, 9.17) is 22.1 Å². The highest BCUT2D eigenvalue weighted by atomic mass is 35.5. The molecular formula is C17H25ClN2O3. The number of hydrogen-bond donors (Lipinski definition) is 2. The van der Waals surface area contributed by atoms with E-state index >= 15 is 0 Å². The van der Waals surface area contributed by atoms with Crippen molar-refractivity contribution in [2.75, 3.05) is 13.2 Å². The van der Waals surface area contributed by atoms with Gasteiger partial charge in [-0.05, 0) is 30.5 Å². The molecule has 1 aromatic rings. The van der Waals surface area contributed by atoms with Gasteiger partial charge in [-0.3, -0.25) is 9.59 Å². The summed E-state index contributed by atoms with van der Waals surface area (Å²) in [5, 5.41) is 3.25. The fourth-order valence-corrected chi connectivity index (χ4v) is 2.39. The Labute approximate surface area is 142 Å². The number of ether oxygens (including phenoxy) is 1. The predicted molar refractivity (Wildman–Crippen MR) is 91.8 cm³/mol. The number of amides is 2. The van der Waals surface area contributed by atoms with Crippen molar-refractivity contribution in [3.8, 4) is 5.75 Å². The zero-order chi connectivity index (χ0) is 17.2. The number of carbonyl (C=O) groups is 2. The minimum atomic E-state index is -0.645. The zero-order valence-electron chi connectivity index (χ0n) is 13.7. The molecule has 0 aliphatic rings. The minimum Gasteiger partial charge on any atom is -0.483 e. The Balaban J connectivity index is 2.49. The van der Waals surface area contributed by atoms with E-state index in [0.717, 1.165) is 25.7 Å². The van der Waals surface area contributed by atoms with Gasteiger partial charge in [-0.1, -0.05) is 44.7 Å². The molecule has 0 aliphatic heterocycles. The van der Waals surface area contributed by atoms with Gasteiger partial charge in [0.1, 0.15) is 5.75 Å². The van der Waals surface area contributed by atoms with Gasteiger partial charge in [0.2, 0.25) is 0 Å². The van der Waals surface area contributed by atoms with Gasteiger partial charge in [-0.2, -0.15) is 0 Å². The third-order valence-corrected chi connectivity index (χ3v) is 3.93. The second-order valence-electron chi connectivity index (χ2n) is 5.51. The van der Waals surface area contributed by atoms with Crippen molar-refractivity contribution in [3.05, 3.63) is 28.8 Å². The second kappa shape index (κ2) is 10.1. The van der Waals surface area contributed by atoms with E-state index < -0.39 is 5.91 Å². The van der Waals surface area contributed by atoms with E-state index in [1.807, 2.05) is 0 Å². The van der Waals surface area contributed by atoms with Crippen molar-refractivity contribution in [1.82, 2.24) is 5.32 Å². The standard InChI is InChI=1S/C17H25ClN2O3/c1-3-5-6-12(4-2)10-20-16(21)11-23-15-8-7-13(18)9-14(15)17(19)22/h7-9,12H,3-6,10-11H2,1-2H3,(H2,19,22)(H,20,21)/t12-/m1/s1. The van der Waals surface area contributed by atoms with Crippen LogP contribution in [-0.2, 0) is 4.79 Å². The Morgan fingerprint density at radius 1 is 1.35 bits per heavy atom. The van der Waals surface area contributed by atoms with Crippen molar-refractivity contribution >= 4 is 23.4 Å². The van der Waals surface area contributed by atoms with Gasteiger partial charge in [0.15, 0.2) is 6.61 Å². The van der Waals surface area contributed by atoms with Crippen LogP contribution in [-0.4, -0.2) is 25.0 Å². The molecule has 1 rings (SSSR count). The van der Waals surface area contributed by atoms with Gasteiger partial charge in [0.25, 0.3) is 11.8 Å². The lowest BCUT2D eigenvalue weighted by molar-refractivity contribution is -0.123. The van der Waals surface area contributed by atoms with E-state index in [1.54, 1.807) is 6.07 Å². The average molecular weight is 341 g/mol. The first kappa shape index (κ1) is 19.3. The molecule has 5 nitrogen and oxygen atoms in total. The van der Waals surface area contributed by atoms with Crippen molar-refractivity contribution < 1.29 is 14.3 Å². The molecule has 1 aromatic carbocycles. The molecule has 0 saturated carbocycles. The van der Waals surface area contributed by atoms with Crippen LogP contribution in [0.5, 0.6) is 5.75 Å². The number of rotatable bonds is 10. The molecule has 0 radical (unpaired) electrons. The summed E-state index contributed by atoms with van der Waals surface area (Å²) in [5.74, 6) is -0.121. The molecule has 0 heterocycles. The first-order valence-corrected chi connectivity index (χ1v) is 8.34. The van der Waals surface area contributed by atoms with Crippen LogP contribution in [0.15, 0.2) is 18.2 Å². The Morgan fingerprint density at radius 3 is 2.70 bits per heavy atom. The molecule has 3 N–H and O–H groups in total. The lowest BCUT2D eigenvalue weighted by Gasteiger charge is -2.15. The van der Waals surface area contributed by atoms with Crippen molar-refractivity contribution in [2.45, 2.75) is 39.5 Å². The van der Waals surface area contributed by atoms with Crippen LogP contribution < -0.4 is 15.8 Å². The number of carbonyl (C=O) groups excluding carboxylic acids is 2. The third-order valence-electron chi connectivity index (χ3n) is 3.70. The Bertz CT molecular complexity index is 535. The number of hydrogen-bond acceptors (Lipinski definition) is 3. The van der Waals surface area contributed by atoms with Crippen molar-refractivity contribution in [3.63, 3.8) is 0 Å². The maximum absolute atomic E-state index is 11.9. The molecule has 6 heteroatoms. The summed E-state index contributed by atoms with van der Waals surface area (Å²) < 4.78 is 5.39. The van der Waals surface area contributed by atoms with Gasteiger partial charge in [0.05, 0.1) is 5.56 Å². The molecule has 0 aromatic heterocycles.